The third-order valence-electron chi connectivity index (χ3n) is 6.37. The van der Waals surface area contributed by atoms with Crippen molar-refractivity contribution in [2.24, 2.45) is 16.0 Å². The van der Waals surface area contributed by atoms with Crippen LogP contribution in [0, 0.1) is 5.92 Å². The molecule has 8 nitrogen and oxygen atoms in total. The average Bonchev–Trinajstić information content (AvgIpc) is 3.17. The lowest BCUT2D eigenvalue weighted by molar-refractivity contribution is -0.126. The Balaban J connectivity index is 1.54. The Morgan fingerprint density at radius 3 is 2.40 bits per heavy atom. The van der Waals surface area contributed by atoms with Gasteiger partial charge in [-0.15, -0.1) is 0 Å². The van der Waals surface area contributed by atoms with Gasteiger partial charge in [-0.3, -0.25) is 14.5 Å². The van der Waals surface area contributed by atoms with E-state index in [0.717, 1.165) is 25.7 Å². The number of ether oxygens (including phenoxy) is 1. The second-order valence-electron chi connectivity index (χ2n) is 8.65. The van der Waals surface area contributed by atoms with Gasteiger partial charge in [-0.05, 0) is 73.9 Å². The van der Waals surface area contributed by atoms with E-state index in [1.807, 2.05) is 0 Å². The minimum Gasteiger partial charge on any atom is -0.497 e. The molecule has 2 aliphatic heterocycles. The van der Waals surface area contributed by atoms with Gasteiger partial charge in [0.2, 0.25) is 10.0 Å². The molecule has 180 valence electrons. The van der Waals surface area contributed by atoms with E-state index >= 15 is 0 Å². The van der Waals surface area contributed by atoms with Crippen LogP contribution in [0.4, 0.5) is 5.69 Å². The van der Waals surface area contributed by atoms with Crippen molar-refractivity contribution in [1.82, 2.24) is 0 Å². The fourth-order valence-corrected chi connectivity index (χ4v) is 5.22. The van der Waals surface area contributed by atoms with Crippen LogP contribution >= 0.6 is 11.6 Å². The number of ketones is 1. The van der Waals surface area contributed by atoms with Gasteiger partial charge in [0.25, 0.3) is 5.91 Å². The SMILES string of the molecule is NS(=O)(=O)c1ccc(N2C(=O)/C(=C/C3=COC4CCCCC4C3=O)N=C2c2ccc(Cl)cc2)cc1. The summed E-state index contributed by atoms with van der Waals surface area (Å²) in [7, 11) is -3.89. The number of amidine groups is 1. The molecule has 1 aliphatic carbocycles. The Hall–Kier alpha value is -3.27. The number of nitrogens with zero attached hydrogens (tertiary/aromatic N) is 2. The molecule has 10 heteroatoms. The molecular weight excluding hydrogens is 490 g/mol. The molecule has 2 N–H and O–H groups in total. The van der Waals surface area contributed by atoms with Crippen LogP contribution in [0.25, 0.3) is 0 Å². The lowest BCUT2D eigenvalue weighted by Crippen LogP contribution is -2.36. The Morgan fingerprint density at radius 2 is 1.71 bits per heavy atom. The first-order valence-corrected chi connectivity index (χ1v) is 13.1. The maximum absolute atomic E-state index is 13.5. The highest BCUT2D eigenvalue weighted by atomic mass is 35.5. The summed E-state index contributed by atoms with van der Waals surface area (Å²) in [4.78, 5) is 32.4. The van der Waals surface area contributed by atoms with E-state index in [1.54, 1.807) is 24.3 Å². The fraction of sp³-hybridized carbons (Fsp3) is 0.240. The number of carbonyl (C=O) groups excluding carboxylic acids is 2. The summed E-state index contributed by atoms with van der Waals surface area (Å²) in [6.07, 6.45) is 6.39. The summed E-state index contributed by atoms with van der Waals surface area (Å²) in [5, 5.41) is 5.73. The molecule has 2 aromatic carbocycles. The number of amides is 1. The molecule has 0 aromatic heterocycles. The number of rotatable bonds is 4. The lowest BCUT2D eigenvalue weighted by Gasteiger charge is -2.33. The van der Waals surface area contributed by atoms with Crippen LogP contribution in [0.15, 0.2) is 82.0 Å². The number of aliphatic imine (C=N–C) groups is 1. The summed E-state index contributed by atoms with van der Waals surface area (Å²) >= 11 is 6.03. The number of nitrogens with two attached hydrogens (primary N) is 1. The Kier molecular flexibility index (Phi) is 6.08. The molecule has 0 saturated heterocycles. The number of fused-ring (bicyclic) bond motifs is 1. The van der Waals surface area contributed by atoms with Crippen molar-refractivity contribution in [3.8, 4) is 0 Å². The zero-order valence-corrected chi connectivity index (χ0v) is 20.1. The highest BCUT2D eigenvalue weighted by Crippen LogP contribution is 2.35. The first-order chi connectivity index (χ1) is 16.7. The highest BCUT2D eigenvalue weighted by molar-refractivity contribution is 7.89. The zero-order chi connectivity index (χ0) is 24.7. The van der Waals surface area contributed by atoms with Crippen molar-refractivity contribution in [3.05, 3.63) is 82.7 Å². The van der Waals surface area contributed by atoms with Gasteiger partial charge in [0.05, 0.1) is 28.3 Å². The van der Waals surface area contributed by atoms with Crippen molar-refractivity contribution < 1.29 is 22.7 Å². The van der Waals surface area contributed by atoms with Crippen molar-refractivity contribution in [3.63, 3.8) is 0 Å². The third kappa shape index (κ3) is 4.54. The topological polar surface area (TPSA) is 119 Å². The van der Waals surface area contributed by atoms with Gasteiger partial charge in [0.15, 0.2) is 5.78 Å². The molecular formula is C25H22ClN3O5S. The van der Waals surface area contributed by atoms with Crippen molar-refractivity contribution >= 4 is 44.8 Å². The van der Waals surface area contributed by atoms with Crippen LogP contribution in [0.2, 0.25) is 5.02 Å². The van der Waals surface area contributed by atoms with Crippen LogP contribution in [-0.4, -0.2) is 32.0 Å². The van der Waals surface area contributed by atoms with E-state index in [9.17, 15) is 18.0 Å². The summed E-state index contributed by atoms with van der Waals surface area (Å²) in [5.41, 5.74) is 1.39. The van der Waals surface area contributed by atoms with Crippen LogP contribution in [-0.2, 0) is 24.3 Å². The monoisotopic (exact) mass is 511 g/mol. The maximum Gasteiger partial charge on any atom is 0.282 e. The maximum atomic E-state index is 13.5. The molecule has 0 bridgehead atoms. The first kappa shape index (κ1) is 23.5. The van der Waals surface area contributed by atoms with Gasteiger partial charge < -0.3 is 4.74 Å². The predicted molar refractivity (Wildman–Crippen MR) is 131 cm³/mol. The van der Waals surface area contributed by atoms with Gasteiger partial charge in [0, 0.05) is 10.6 Å². The summed E-state index contributed by atoms with van der Waals surface area (Å²) in [6, 6.07) is 12.4. The minimum absolute atomic E-state index is 0.0413. The normalized spacial score (nSPS) is 23.6. The number of hydrogen-bond donors (Lipinski definition) is 1. The van der Waals surface area contributed by atoms with Gasteiger partial charge >= 0.3 is 0 Å². The third-order valence-corrected chi connectivity index (χ3v) is 7.55. The number of benzene rings is 2. The molecule has 3 aliphatic rings. The number of hydrogen-bond acceptors (Lipinski definition) is 6. The molecule has 0 spiro atoms. The first-order valence-electron chi connectivity index (χ1n) is 11.2. The number of sulfonamides is 1. The number of primary sulfonamides is 1. The Labute approximate surface area is 207 Å². The molecule has 1 saturated carbocycles. The van der Waals surface area contributed by atoms with E-state index in [0.29, 0.717) is 27.7 Å². The van der Waals surface area contributed by atoms with Gasteiger partial charge in [-0.1, -0.05) is 18.0 Å². The summed E-state index contributed by atoms with van der Waals surface area (Å²) in [5.74, 6) is -0.390. The summed E-state index contributed by atoms with van der Waals surface area (Å²) in [6.45, 7) is 0. The van der Waals surface area contributed by atoms with E-state index in [1.165, 1.54) is 41.5 Å². The standard InChI is InChI=1S/C25H22ClN3O5S/c26-17-7-5-15(6-8-17)24-28-21(13-16-14-34-22-4-2-1-3-20(22)23(16)30)25(31)29(24)18-9-11-19(12-10-18)35(27,32)33/h5-14,20,22H,1-4H2,(H2,27,32,33)/b21-13-. The van der Waals surface area contributed by atoms with E-state index in [4.69, 9.17) is 21.5 Å². The van der Waals surface area contributed by atoms with E-state index in [2.05, 4.69) is 4.99 Å². The number of carbonyl (C=O) groups is 2. The smallest absolute Gasteiger partial charge is 0.282 e. The fourth-order valence-electron chi connectivity index (χ4n) is 4.58. The van der Waals surface area contributed by atoms with Crippen molar-refractivity contribution in [2.75, 3.05) is 4.90 Å². The molecule has 5 rings (SSSR count). The molecule has 2 heterocycles. The predicted octanol–water partition coefficient (Wildman–Crippen LogP) is 3.71. The second kappa shape index (κ2) is 9.07. The Morgan fingerprint density at radius 1 is 1.03 bits per heavy atom. The van der Waals surface area contributed by atoms with Crippen LogP contribution in [0.1, 0.15) is 31.2 Å². The molecule has 2 aromatic rings. The van der Waals surface area contributed by atoms with E-state index in [-0.39, 0.29) is 28.4 Å². The molecule has 1 fully saturated rings. The van der Waals surface area contributed by atoms with Crippen molar-refractivity contribution in [1.29, 1.82) is 0 Å². The van der Waals surface area contributed by atoms with Crippen molar-refractivity contribution in [2.45, 2.75) is 36.7 Å². The minimum atomic E-state index is -3.89. The van der Waals surface area contributed by atoms with Crippen LogP contribution in [0.5, 0.6) is 0 Å². The number of Topliss-reactive ketones (excluding diaryl/α,β-unsaturated/α-hetero) is 1. The highest BCUT2D eigenvalue weighted by Gasteiger charge is 2.38. The molecule has 1 amide bonds. The number of allylic oxidation sites excluding steroid dienone is 2. The second-order valence-corrected chi connectivity index (χ2v) is 10.7. The number of anilines is 1. The molecule has 35 heavy (non-hydrogen) atoms. The van der Waals surface area contributed by atoms with Crippen LogP contribution in [0.3, 0.4) is 0 Å². The van der Waals surface area contributed by atoms with Gasteiger partial charge in [-0.2, -0.15) is 0 Å². The molecule has 0 radical (unpaired) electrons. The van der Waals surface area contributed by atoms with E-state index < -0.39 is 15.9 Å². The average molecular weight is 512 g/mol. The Bertz CT molecular complexity index is 1400. The number of halogens is 1. The summed E-state index contributed by atoms with van der Waals surface area (Å²) < 4.78 is 29.1. The molecule has 2 unspecified atom stereocenters. The quantitative estimate of drug-likeness (QED) is 0.627. The largest absolute Gasteiger partial charge is 0.497 e. The van der Waals surface area contributed by atoms with Crippen LogP contribution < -0.4 is 10.0 Å². The van der Waals surface area contributed by atoms with Gasteiger partial charge in [0.1, 0.15) is 17.6 Å². The van der Waals surface area contributed by atoms with Gasteiger partial charge in [-0.25, -0.2) is 18.5 Å². The molecule has 2 atom stereocenters. The lowest BCUT2D eigenvalue weighted by atomic mass is 9.80. The zero-order valence-electron chi connectivity index (χ0n) is 18.6.